The molecule has 0 aromatic rings. The van der Waals surface area contributed by atoms with Crippen molar-refractivity contribution in [3.63, 3.8) is 0 Å². The zero-order valence-corrected chi connectivity index (χ0v) is 6.03. The molecule has 0 spiro atoms. The second-order valence-electron chi connectivity index (χ2n) is 2.12. The van der Waals surface area contributed by atoms with Crippen molar-refractivity contribution in [2.75, 3.05) is 0 Å². The molecule has 0 aliphatic rings. The Bertz CT molecular complexity index is 116. The summed E-state index contributed by atoms with van der Waals surface area (Å²) in [6.45, 7) is 3.50. The van der Waals surface area contributed by atoms with Crippen LogP contribution < -0.4 is 5.32 Å². The minimum atomic E-state index is -2.89. The summed E-state index contributed by atoms with van der Waals surface area (Å²) in [6, 6.07) is -0.165. The highest BCUT2D eigenvalue weighted by Crippen LogP contribution is 1.94. The molecule has 0 heterocycles. The lowest BCUT2D eigenvalue weighted by Gasteiger charge is -2.09. The summed E-state index contributed by atoms with van der Waals surface area (Å²) in [5, 5.41) is 2.14. The molecule has 2 nitrogen and oxygen atoms in total. The molecule has 1 unspecified atom stereocenters. The van der Waals surface area contributed by atoms with Gasteiger partial charge in [0, 0.05) is 6.04 Å². The van der Waals surface area contributed by atoms with Gasteiger partial charge in [-0.25, -0.2) is 0 Å². The van der Waals surface area contributed by atoms with Gasteiger partial charge in [0.1, 0.15) is 0 Å². The van der Waals surface area contributed by atoms with Crippen LogP contribution in [-0.4, -0.2) is 18.4 Å². The van der Waals surface area contributed by atoms with E-state index in [9.17, 15) is 13.6 Å². The van der Waals surface area contributed by atoms with Gasteiger partial charge in [0.15, 0.2) is 0 Å². The number of hydrogen-bond acceptors (Lipinski definition) is 1. The van der Waals surface area contributed by atoms with E-state index >= 15 is 0 Å². The first-order chi connectivity index (χ1) is 4.57. The Morgan fingerprint density at radius 3 is 2.40 bits per heavy atom. The third kappa shape index (κ3) is 3.37. The van der Waals surface area contributed by atoms with Gasteiger partial charge in [-0.05, 0) is 13.3 Å². The molecule has 4 heteroatoms. The molecule has 0 radical (unpaired) electrons. The van der Waals surface area contributed by atoms with Crippen LogP contribution in [0.3, 0.4) is 0 Å². The van der Waals surface area contributed by atoms with E-state index < -0.39 is 12.3 Å². The molecular formula is C6H11F2NO. The van der Waals surface area contributed by atoms with Crippen molar-refractivity contribution in [3.05, 3.63) is 0 Å². The first-order valence-electron chi connectivity index (χ1n) is 3.16. The van der Waals surface area contributed by atoms with Crippen LogP contribution in [0.5, 0.6) is 0 Å². The van der Waals surface area contributed by atoms with Crippen LogP contribution in [0.1, 0.15) is 20.3 Å². The number of amides is 1. The molecule has 0 fully saturated rings. The molecule has 0 aliphatic carbocycles. The summed E-state index contributed by atoms with van der Waals surface area (Å²) in [5.41, 5.74) is 0. The Balaban J connectivity index is 3.57. The summed E-state index contributed by atoms with van der Waals surface area (Å²) < 4.78 is 23.0. The first-order valence-corrected chi connectivity index (χ1v) is 3.16. The molecule has 10 heavy (non-hydrogen) atoms. The van der Waals surface area contributed by atoms with Gasteiger partial charge in [-0.15, -0.1) is 0 Å². The van der Waals surface area contributed by atoms with Crippen molar-refractivity contribution in [2.24, 2.45) is 0 Å². The van der Waals surface area contributed by atoms with E-state index in [0.29, 0.717) is 6.42 Å². The van der Waals surface area contributed by atoms with Crippen molar-refractivity contribution >= 4 is 5.91 Å². The lowest BCUT2D eigenvalue weighted by Crippen LogP contribution is -2.36. The molecule has 0 saturated carbocycles. The first kappa shape index (κ1) is 9.33. The number of alkyl halides is 2. The van der Waals surface area contributed by atoms with Crippen LogP contribution in [0.2, 0.25) is 0 Å². The smallest absolute Gasteiger partial charge is 0.315 e. The van der Waals surface area contributed by atoms with Gasteiger partial charge in [-0.2, -0.15) is 8.78 Å². The Kier molecular flexibility index (Phi) is 3.91. The van der Waals surface area contributed by atoms with Gasteiger partial charge in [0.2, 0.25) is 0 Å². The fraction of sp³-hybridized carbons (Fsp3) is 0.833. The zero-order valence-electron chi connectivity index (χ0n) is 6.03. The fourth-order valence-corrected chi connectivity index (χ4v) is 0.408. The number of hydrogen-bond donors (Lipinski definition) is 1. The van der Waals surface area contributed by atoms with Crippen molar-refractivity contribution in [1.82, 2.24) is 5.32 Å². The quantitative estimate of drug-likeness (QED) is 0.644. The molecule has 0 rings (SSSR count). The number of nitrogens with one attached hydrogen (secondary N) is 1. The number of halogens is 2. The molecule has 1 N–H and O–H groups in total. The Labute approximate surface area is 58.6 Å². The average molecular weight is 151 g/mol. The standard InChI is InChI=1S/C6H11F2NO/c1-3-4(2)9-6(10)5(7)8/h4-5H,3H2,1-2H3,(H,9,10). The Morgan fingerprint density at radius 2 is 2.10 bits per heavy atom. The van der Waals surface area contributed by atoms with Crippen molar-refractivity contribution in [1.29, 1.82) is 0 Å². The largest absolute Gasteiger partial charge is 0.349 e. The van der Waals surface area contributed by atoms with E-state index in [0.717, 1.165) is 0 Å². The second-order valence-corrected chi connectivity index (χ2v) is 2.12. The van der Waals surface area contributed by atoms with Gasteiger partial charge in [0.25, 0.3) is 5.91 Å². The summed E-state index contributed by atoms with van der Waals surface area (Å²) in [6.07, 6.45) is -2.23. The zero-order chi connectivity index (χ0) is 8.15. The number of carbonyl (C=O) groups is 1. The maximum Gasteiger partial charge on any atom is 0.315 e. The van der Waals surface area contributed by atoms with Gasteiger partial charge >= 0.3 is 6.43 Å². The number of carbonyl (C=O) groups excluding carboxylic acids is 1. The van der Waals surface area contributed by atoms with Gasteiger partial charge in [-0.1, -0.05) is 6.92 Å². The van der Waals surface area contributed by atoms with Crippen LogP contribution in [0.25, 0.3) is 0 Å². The van der Waals surface area contributed by atoms with Crippen LogP contribution in [0, 0.1) is 0 Å². The van der Waals surface area contributed by atoms with Crippen LogP contribution >= 0.6 is 0 Å². The molecule has 0 aromatic carbocycles. The number of rotatable bonds is 3. The SMILES string of the molecule is CCC(C)NC(=O)C(F)F. The monoisotopic (exact) mass is 151 g/mol. The summed E-state index contributed by atoms with van der Waals surface area (Å²) in [7, 11) is 0. The lowest BCUT2D eigenvalue weighted by atomic mass is 10.2. The van der Waals surface area contributed by atoms with E-state index in [1.807, 2.05) is 6.92 Å². The van der Waals surface area contributed by atoms with Gasteiger partial charge in [0.05, 0.1) is 0 Å². The van der Waals surface area contributed by atoms with Crippen molar-refractivity contribution in [2.45, 2.75) is 32.7 Å². The highest BCUT2D eigenvalue weighted by atomic mass is 19.3. The van der Waals surface area contributed by atoms with E-state index in [-0.39, 0.29) is 6.04 Å². The summed E-state index contributed by atoms with van der Waals surface area (Å²) in [4.78, 5) is 10.3. The van der Waals surface area contributed by atoms with E-state index in [2.05, 4.69) is 5.32 Å². The van der Waals surface area contributed by atoms with Crippen LogP contribution in [0.15, 0.2) is 0 Å². The molecule has 60 valence electrons. The second kappa shape index (κ2) is 4.19. The Morgan fingerprint density at radius 1 is 1.60 bits per heavy atom. The van der Waals surface area contributed by atoms with E-state index in [1.165, 1.54) is 0 Å². The topological polar surface area (TPSA) is 29.1 Å². The Hall–Kier alpha value is -0.670. The van der Waals surface area contributed by atoms with E-state index in [4.69, 9.17) is 0 Å². The maximum atomic E-state index is 11.5. The summed E-state index contributed by atoms with van der Waals surface area (Å²) in [5.74, 6) is -1.19. The van der Waals surface area contributed by atoms with Crippen LogP contribution in [0.4, 0.5) is 8.78 Å². The van der Waals surface area contributed by atoms with Crippen molar-refractivity contribution in [3.8, 4) is 0 Å². The molecule has 1 atom stereocenters. The maximum absolute atomic E-state index is 11.5. The molecule has 1 amide bonds. The minimum absolute atomic E-state index is 0.165. The normalized spacial score (nSPS) is 13.3. The van der Waals surface area contributed by atoms with Crippen molar-refractivity contribution < 1.29 is 13.6 Å². The third-order valence-corrected chi connectivity index (χ3v) is 1.20. The van der Waals surface area contributed by atoms with E-state index in [1.54, 1.807) is 6.92 Å². The molecular weight excluding hydrogens is 140 g/mol. The molecule has 0 bridgehead atoms. The average Bonchev–Trinajstić information content (AvgIpc) is 1.87. The fourth-order valence-electron chi connectivity index (χ4n) is 0.408. The van der Waals surface area contributed by atoms with Gasteiger partial charge in [-0.3, -0.25) is 4.79 Å². The predicted molar refractivity (Wildman–Crippen MR) is 33.9 cm³/mol. The lowest BCUT2D eigenvalue weighted by molar-refractivity contribution is -0.132. The third-order valence-electron chi connectivity index (χ3n) is 1.20. The minimum Gasteiger partial charge on any atom is -0.349 e. The van der Waals surface area contributed by atoms with Crippen LogP contribution in [-0.2, 0) is 4.79 Å². The summed E-state index contributed by atoms with van der Waals surface area (Å²) >= 11 is 0. The van der Waals surface area contributed by atoms with Gasteiger partial charge < -0.3 is 5.32 Å². The molecule has 0 aromatic heterocycles. The molecule has 0 saturated heterocycles. The predicted octanol–water partition coefficient (Wildman–Crippen LogP) is 1.17. The highest BCUT2D eigenvalue weighted by molar-refractivity contribution is 5.79. The molecule has 0 aliphatic heterocycles. The highest BCUT2D eigenvalue weighted by Gasteiger charge is 2.15.